The zero-order chi connectivity index (χ0) is 15.4. The summed E-state index contributed by atoms with van der Waals surface area (Å²) in [5, 5.41) is 13.1. The van der Waals surface area contributed by atoms with Gasteiger partial charge >= 0.3 is 0 Å². The summed E-state index contributed by atoms with van der Waals surface area (Å²) >= 11 is 0. The molecule has 21 heavy (non-hydrogen) atoms. The van der Waals surface area contributed by atoms with E-state index in [1.807, 2.05) is 0 Å². The van der Waals surface area contributed by atoms with Crippen LogP contribution in [0.15, 0.2) is 42.5 Å². The van der Waals surface area contributed by atoms with Crippen LogP contribution in [0.4, 0.5) is 21.5 Å². The van der Waals surface area contributed by atoms with Gasteiger partial charge in [0.05, 0.1) is 27.9 Å². The Hall–Kier alpha value is -3.00. The summed E-state index contributed by atoms with van der Waals surface area (Å²) in [5.41, 5.74) is 2.50. The number of hydrazine groups is 1. The molecule has 2 rings (SSSR count). The van der Waals surface area contributed by atoms with Crippen LogP contribution in [0.5, 0.6) is 0 Å². The summed E-state index contributed by atoms with van der Waals surface area (Å²) in [6.07, 6.45) is 0. The number of nitrogens with zero attached hydrogens (tertiary/aromatic N) is 1. The number of nitrogen functional groups attached to an aromatic ring is 1. The van der Waals surface area contributed by atoms with Crippen molar-refractivity contribution < 1.29 is 14.1 Å². The van der Waals surface area contributed by atoms with E-state index >= 15 is 0 Å². The number of halogens is 1. The van der Waals surface area contributed by atoms with Gasteiger partial charge in [0.25, 0.3) is 11.6 Å². The van der Waals surface area contributed by atoms with E-state index < -0.39 is 22.3 Å². The average Bonchev–Trinajstić information content (AvgIpc) is 2.46. The summed E-state index contributed by atoms with van der Waals surface area (Å²) in [6, 6.07) is 9.23. The first-order chi connectivity index (χ1) is 10.0. The second kappa shape index (κ2) is 5.97. The second-order valence-electron chi connectivity index (χ2n) is 4.10. The summed E-state index contributed by atoms with van der Waals surface area (Å²) in [5.74, 6) is 3.91. The maximum absolute atomic E-state index is 13.3. The number of nitrogens with one attached hydrogen (secondary N) is 2. The SMILES string of the molecule is NNc1ccccc1C(=O)Nc1cc(F)cc([N+](=O)[O-])c1. The van der Waals surface area contributed by atoms with Gasteiger partial charge in [-0.15, -0.1) is 0 Å². The van der Waals surface area contributed by atoms with Gasteiger partial charge in [-0.1, -0.05) is 12.1 Å². The van der Waals surface area contributed by atoms with Crippen molar-refractivity contribution in [2.45, 2.75) is 0 Å². The lowest BCUT2D eigenvalue weighted by Crippen LogP contribution is -2.17. The quantitative estimate of drug-likeness (QED) is 0.454. The average molecular weight is 290 g/mol. The number of nitrogens with two attached hydrogens (primary N) is 1. The molecule has 4 N–H and O–H groups in total. The molecule has 0 aliphatic carbocycles. The lowest BCUT2D eigenvalue weighted by Gasteiger charge is -2.09. The van der Waals surface area contributed by atoms with Crippen LogP contribution in [-0.2, 0) is 0 Å². The molecule has 8 heteroatoms. The van der Waals surface area contributed by atoms with E-state index in [1.165, 1.54) is 6.07 Å². The zero-order valence-electron chi connectivity index (χ0n) is 10.7. The fraction of sp³-hybridized carbons (Fsp3) is 0. The van der Waals surface area contributed by atoms with E-state index in [1.54, 1.807) is 18.2 Å². The van der Waals surface area contributed by atoms with E-state index in [2.05, 4.69) is 10.7 Å². The third-order valence-electron chi connectivity index (χ3n) is 2.68. The smallest absolute Gasteiger partial charge is 0.274 e. The largest absolute Gasteiger partial charge is 0.323 e. The monoisotopic (exact) mass is 290 g/mol. The first kappa shape index (κ1) is 14.4. The van der Waals surface area contributed by atoms with Gasteiger partial charge in [0.1, 0.15) is 5.82 Å². The number of hydrogen-bond donors (Lipinski definition) is 3. The first-order valence-electron chi connectivity index (χ1n) is 5.83. The zero-order valence-corrected chi connectivity index (χ0v) is 10.7. The molecule has 108 valence electrons. The Morgan fingerprint density at radius 2 is 1.95 bits per heavy atom. The Kier molecular flexibility index (Phi) is 4.10. The van der Waals surface area contributed by atoms with Crippen molar-refractivity contribution in [2.75, 3.05) is 10.7 Å². The van der Waals surface area contributed by atoms with Crippen molar-refractivity contribution >= 4 is 23.0 Å². The van der Waals surface area contributed by atoms with Crippen LogP contribution in [0.3, 0.4) is 0 Å². The van der Waals surface area contributed by atoms with Crippen LogP contribution < -0.4 is 16.6 Å². The predicted octanol–water partition coefficient (Wildman–Crippen LogP) is 2.27. The van der Waals surface area contributed by atoms with E-state index in [0.29, 0.717) is 5.69 Å². The maximum Gasteiger partial charge on any atom is 0.274 e. The van der Waals surface area contributed by atoms with Crippen LogP contribution in [0.1, 0.15) is 10.4 Å². The molecule has 0 saturated carbocycles. The molecule has 0 fully saturated rings. The second-order valence-corrected chi connectivity index (χ2v) is 4.10. The molecule has 0 heterocycles. The van der Waals surface area contributed by atoms with Gasteiger partial charge in [-0.25, -0.2) is 4.39 Å². The Morgan fingerprint density at radius 1 is 1.24 bits per heavy atom. The van der Waals surface area contributed by atoms with Gasteiger partial charge in [-0.05, 0) is 18.2 Å². The number of non-ortho nitro benzene ring substituents is 1. The number of benzene rings is 2. The normalized spacial score (nSPS) is 10.0. The van der Waals surface area contributed by atoms with Crippen molar-refractivity contribution in [3.63, 3.8) is 0 Å². The maximum atomic E-state index is 13.3. The Labute approximate surface area is 118 Å². The predicted molar refractivity (Wildman–Crippen MR) is 75.3 cm³/mol. The molecular weight excluding hydrogens is 279 g/mol. The lowest BCUT2D eigenvalue weighted by atomic mass is 10.1. The molecule has 0 saturated heterocycles. The molecule has 0 aliphatic heterocycles. The van der Waals surface area contributed by atoms with Gasteiger partial charge < -0.3 is 10.7 Å². The summed E-state index contributed by atoms with van der Waals surface area (Å²) in [7, 11) is 0. The van der Waals surface area contributed by atoms with Crippen LogP contribution in [0.25, 0.3) is 0 Å². The van der Waals surface area contributed by atoms with Gasteiger partial charge in [-0.2, -0.15) is 0 Å². The number of carbonyl (C=O) groups excluding carboxylic acids is 1. The number of para-hydroxylation sites is 1. The molecule has 0 aliphatic rings. The summed E-state index contributed by atoms with van der Waals surface area (Å²) < 4.78 is 13.3. The molecule has 0 aromatic heterocycles. The van der Waals surface area contributed by atoms with Crippen molar-refractivity contribution in [3.8, 4) is 0 Å². The highest BCUT2D eigenvalue weighted by Crippen LogP contribution is 2.22. The number of amides is 1. The van der Waals surface area contributed by atoms with Crippen LogP contribution >= 0.6 is 0 Å². The van der Waals surface area contributed by atoms with E-state index in [9.17, 15) is 19.3 Å². The Morgan fingerprint density at radius 3 is 2.62 bits per heavy atom. The highest BCUT2D eigenvalue weighted by Gasteiger charge is 2.14. The van der Waals surface area contributed by atoms with Crippen molar-refractivity contribution in [1.29, 1.82) is 0 Å². The molecule has 7 nitrogen and oxygen atoms in total. The van der Waals surface area contributed by atoms with Crippen molar-refractivity contribution in [2.24, 2.45) is 5.84 Å². The number of nitro benzene ring substituents is 1. The fourth-order valence-corrected chi connectivity index (χ4v) is 1.76. The van der Waals surface area contributed by atoms with Gasteiger partial charge in [0.15, 0.2) is 0 Å². The molecule has 1 amide bonds. The molecule has 0 atom stereocenters. The topological polar surface area (TPSA) is 110 Å². The highest BCUT2D eigenvalue weighted by molar-refractivity contribution is 6.08. The molecule has 2 aromatic rings. The molecule has 0 unspecified atom stereocenters. The highest BCUT2D eigenvalue weighted by atomic mass is 19.1. The molecule has 0 radical (unpaired) electrons. The van der Waals surface area contributed by atoms with Crippen molar-refractivity contribution in [1.82, 2.24) is 0 Å². The summed E-state index contributed by atoms with van der Waals surface area (Å²) in [4.78, 5) is 22.0. The number of nitro groups is 1. The number of anilines is 2. The van der Waals surface area contributed by atoms with Gasteiger partial charge in [0, 0.05) is 6.07 Å². The Balaban J connectivity index is 2.29. The number of rotatable bonds is 4. The standard InChI is InChI=1S/C13H11FN4O3/c14-8-5-9(7-10(6-8)18(20)21)16-13(19)11-3-1-2-4-12(11)17-15/h1-7,17H,15H2,(H,16,19). The first-order valence-corrected chi connectivity index (χ1v) is 5.83. The third kappa shape index (κ3) is 3.31. The van der Waals surface area contributed by atoms with E-state index in [-0.39, 0.29) is 11.3 Å². The van der Waals surface area contributed by atoms with Gasteiger partial charge in [0.2, 0.25) is 0 Å². The molecular formula is C13H11FN4O3. The van der Waals surface area contributed by atoms with Gasteiger partial charge in [-0.3, -0.25) is 20.8 Å². The molecule has 0 spiro atoms. The fourth-order valence-electron chi connectivity index (χ4n) is 1.76. The summed E-state index contributed by atoms with van der Waals surface area (Å²) in [6.45, 7) is 0. The number of hydrogen-bond acceptors (Lipinski definition) is 5. The minimum Gasteiger partial charge on any atom is -0.323 e. The minimum atomic E-state index is -0.815. The molecule has 0 bridgehead atoms. The Bertz CT molecular complexity index is 706. The van der Waals surface area contributed by atoms with Crippen LogP contribution in [0.2, 0.25) is 0 Å². The number of carbonyl (C=O) groups is 1. The van der Waals surface area contributed by atoms with Crippen LogP contribution in [0, 0.1) is 15.9 Å². The van der Waals surface area contributed by atoms with E-state index in [4.69, 9.17) is 5.84 Å². The lowest BCUT2D eigenvalue weighted by molar-refractivity contribution is -0.385. The third-order valence-corrected chi connectivity index (χ3v) is 2.68. The van der Waals surface area contributed by atoms with Crippen LogP contribution in [-0.4, -0.2) is 10.8 Å². The minimum absolute atomic E-state index is 0.0153. The molecule has 2 aromatic carbocycles. The van der Waals surface area contributed by atoms with Crippen molar-refractivity contribution in [3.05, 3.63) is 64.0 Å². The van der Waals surface area contributed by atoms with E-state index in [0.717, 1.165) is 18.2 Å².